The minimum atomic E-state index is -0.250. The van der Waals surface area contributed by atoms with Gasteiger partial charge < -0.3 is 19.3 Å². The topological polar surface area (TPSA) is 51.2 Å². The summed E-state index contributed by atoms with van der Waals surface area (Å²) in [5, 5.41) is 10.8. The summed E-state index contributed by atoms with van der Waals surface area (Å²) in [7, 11) is 3.35. The predicted molar refractivity (Wildman–Crippen MR) is 107 cm³/mol. The smallest absolute Gasteiger partial charge is 0.161 e. The largest absolute Gasteiger partial charge is 0.493 e. The zero-order valence-corrected chi connectivity index (χ0v) is 17.5. The van der Waals surface area contributed by atoms with Gasteiger partial charge in [0.15, 0.2) is 11.5 Å². The Morgan fingerprint density at radius 3 is 2.59 bits per heavy atom. The van der Waals surface area contributed by atoms with E-state index in [-0.39, 0.29) is 17.6 Å². The molecule has 3 rings (SSSR count). The molecule has 5 nitrogen and oxygen atoms in total. The van der Waals surface area contributed by atoms with Crippen molar-refractivity contribution >= 4 is 0 Å². The number of methoxy groups -OCH3 is 2. The molecule has 0 unspecified atom stereocenters. The summed E-state index contributed by atoms with van der Waals surface area (Å²) in [5.74, 6) is 1.89. The van der Waals surface area contributed by atoms with Gasteiger partial charge in [-0.3, -0.25) is 4.90 Å². The van der Waals surface area contributed by atoms with Crippen molar-refractivity contribution in [2.75, 3.05) is 40.5 Å². The van der Waals surface area contributed by atoms with Gasteiger partial charge in [-0.15, -0.1) is 0 Å². The van der Waals surface area contributed by atoms with E-state index in [1.807, 2.05) is 0 Å². The summed E-state index contributed by atoms with van der Waals surface area (Å²) in [4.78, 5) is 2.55. The highest BCUT2D eigenvalue weighted by atomic mass is 16.5. The maximum Gasteiger partial charge on any atom is 0.161 e. The Morgan fingerprint density at radius 2 is 1.93 bits per heavy atom. The third-order valence-corrected chi connectivity index (χ3v) is 5.79. The predicted octanol–water partition coefficient (Wildman–Crippen LogP) is 3.44. The molecule has 0 radical (unpaired) electrons. The average Bonchev–Trinajstić information content (AvgIpc) is 2.61. The van der Waals surface area contributed by atoms with Crippen LogP contribution < -0.4 is 9.47 Å². The number of aliphatic hydroxyl groups excluding tert-OH is 1. The highest BCUT2D eigenvalue weighted by Crippen LogP contribution is 2.44. The molecule has 2 heterocycles. The molecule has 152 valence electrons. The minimum Gasteiger partial charge on any atom is -0.493 e. The molecule has 0 aliphatic carbocycles. The number of benzene rings is 1. The van der Waals surface area contributed by atoms with Gasteiger partial charge in [0.2, 0.25) is 0 Å². The first-order chi connectivity index (χ1) is 12.8. The molecule has 1 saturated heterocycles. The van der Waals surface area contributed by atoms with Gasteiger partial charge in [-0.05, 0) is 53.9 Å². The van der Waals surface area contributed by atoms with Gasteiger partial charge in [-0.2, -0.15) is 0 Å². The fraction of sp³-hybridized carbons (Fsp3) is 0.727. The second kappa shape index (κ2) is 8.38. The van der Waals surface area contributed by atoms with E-state index in [4.69, 9.17) is 14.2 Å². The highest BCUT2D eigenvalue weighted by Gasteiger charge is 2.39. The monoisotopic (exact) mass is 377 g/mol. The standard InChI is InChI=1S/C22H35NO4/c1-22(2,3)13-16-14-23-7-6-15-10-21(27-9-8-25-4)20(26-5)11-17(15)18(23)12-19(16)24/h10-11,16,18-19,24H,6-9,12-14H2,1-5H3/t16-,18-,19-/m1/s1. The van der Waals surface area contributed by atoms with Crippen molar-refractivity contribution in [2.24, 2.45) is 11.3 Å². The van der Waals surface area contributed by atoms with Crippen LogP contribution in [0.5, 0.6) is 11.5 Å². The molecule has 1 N–H and O–H groups in total. The summed E-state index contributed by atoms with van der Waals surface area (Å²) >= 11 is 0. The molecule has 0 saturated carbocycles. The van der Waals surface area contributed by atoms with Gasteiger partial charge in [0.1, 0.15) is 6.61 Å². The molecule has 0 amide bonds. The van der Waals surface area contributed by atoms with Crippen LogP contribution in [0.15, 0.2) is 12.1 Å². The SMILES string of the molecule is COCCOc1cc2c(cc1OC)[C@H]1C[C@@H](O)[C@H](CC(C)(C)C)CN1CC2. The molecule has 0 bridgehead atoms. The van der Waals surface area contributed by atoms with Crippen LogP contribution in [0.3, 0.4) is 0 Å². The van der Waals surface area contributed by atoms with Crippen molar-refractivity contribution < 1.29 is 19.3 Å². The van der Waals surface area contributed by atoms with Gasteiger partial charge in [0, 0.05) is 26.2 Å². The van der Waals surface area contributed by atoms with E-state index in [1.165, 1.54) is 11.1 Å². The summed E-state index contributed by atoms with van der Waals surface area (Å²) in [5.41, 5.74) is 2.83. The van der Waals surface area contributed by atoms with E-state index in [0.29, 0.717) is 19.1 Å². The Bertz CT molecular complexity index is 640. The second-order valence-electron chi connectivity index (χ2n) is 9.13. The van der Waals surface area contributed by atoms with Gasteiger partial charge in [0.25, 0.3) is 0 Å². The van der Waals surface area contributed by atoms with Crippen molar-refractivity contribution in [3.63, 3.8) is 0 Å². The average molecular weight is 378 g/mol. The number of aliphatic hydroxyl groups is 1. The Morgan fingerprint density at radius 1 is 1.15 bits per heavy atom. The molecule has 3 atom stereocenters. The lowest BCUT2D eigenvalue weighted by atomic mass is 9.75. The van der Waals surface area contributed by atoms with E-state index in [1.54, 1.807) is 14.2 Å². The summed E-state index contributed by atoms with van der Waals surface area (Å²) in [6.07, 6.45) is 2.61. The van der Waals surface area contributed by atoms with Gasteiger partial charge in [0.05, 0.1) is 19.8 Å². The van der Waals surface area contributed by atoms with Crippen LogP contribution in [0, 0.1) is 11.3 Å². The molecule has 0 aromatic heterocycles. The van der Waals surface area contributed by atoms with Crippen LogP contribution in [0.25, 0.3) is 0 Å². The number of rotatable bonds is 6. The van der Waals surface area contributed by atoms with Crippen molar-refractivity contribution in [1.82, 2.24) is 4.90 Å². The molecule has 1 fully saturated rings. The Kier molecular flexibility index (Phi) is 6.34. The number of hydrogen-bond donors (Lipinski definition) is 1. The quantitative estimate of drug-likeness (QED) is 0.770. The normalized spacial score (nSPS) is 25.6. The van der Waals surface area contributed by atoms with Crippen LogP contribution in [-0.4, -0.2) is 56.6 Å². The zero-order valence-electron chi connectivity index (χ0n) is 17.5. The van der Waals surface area contributed by atoms with Crippen molar-refractivity contribution in [3.05, 3.63) is 23.3 Å². The Balaban J connectivity index is 1.80. The van der Waals surface area contributed by atoms with Crippen LogP contribution in [0.4, 0.5) is 0 Å². The molecule has 27 heavy (non-hydrogen) atoms. The first kappa shape index (κ1) is 20.4. The number of piperidine rings is 1. The summed E-state index contributed by atoms with van der Waals surface area (Å²) < 4.78 is 16.5. The number of fused-ring (bicyclic) bond motifs is 3. The second-order valence-corrected chi connectivity index (χ2v) is 9.13. The van der Waals surface area contributed by atoms with Gasteiger partial charge in [-0.1, -0.05) is 20.8 Å². The maximum absolute atomic E-state index is 10.8. The molecule has 1 aromatic carbocycles. The third kappa shape index (κ3) is 4.76. The van der Waals surface area contributed by atoms with Crippen molar-refractivity contribution in [1.29, 1.82) is 0 Å². The summed E-state index contributed by atoms with van der Waals surface area (Å²) in [6.45, 7) is 9.84. The maximum atomic E-state index is 10.8. The van der Waals surface area contributed by atoms with E-state index in [2.05, 4.69) is 37.8 Å². The third-order valence-electron chi connectivity index (χ3n) is 5.79. The van der Waals surface area contributed by atoms with E-state index < -0.39 is 0 Å². The molecule has 2 aliphatic heterocycles. The van der Waals surface area contributed by atoms with Crippen molar-refractivity contribution in [2.45, 2.75) is 52.2 Å². The van der Waals surface area contributed by atoms with Crippen LogP contribution in [0.1, 0.15) is 50.8 Å². The Hall–Kier alpha value is -1.30. The fourth-order valence-electron chi connectivity index (χ4n) is 4.59. The van der Waals surface area contributed by atoms with Crippen LogP contribution in [0.2, 0.25) is 0 Å². The Labute approximate surface area is 163 Å². The number of nitrogens with zero attached hydrogens (tertiary/aromatic N) is 1. The number of hydrogen-bond acceptors (Lipinski definition) is 5. The first-order valence-electron chi connectivity index (χ1n) is 10.1. The van der Waals surface area contributed by atoms with Crippen LogP contribution in [-0.2, 0) is 11.2 Å². The molecule has 0 spiro atoms. The molecule has 5 heteroatoms. The van der Waals surface area contributed by atoms with E-state index >= 15 is 0 Å². The molecule has 2 aliphatic rings. The number of ether oxygens (including phenoxy) is 3. The highest BCUT2D eigenvalue weighted by molar-refractivity contribution is 5.49. The van der Waals surface area contributed by atoms with Gasteiger partial charge >= 0.3 is 0 Å². The minimum absolute atomic E-state index is 0.240. The van der Waals surface area contributed by atoms with Gasteiger partial charge in [-0.25, -0.2) is 0 Å². The van der Waals surface area contributed by atoms with Crippen LogP contribution >= 0.6 is 0 Å². The lowest BCUT2D eigenvalue weighted by Gasteiger charge is -2.47. The fourth-order valence-corrected chi connectivity index (χ4v) is 4.59. The molecular formula is C22H35NO4. The lowest BCUT2D eigenvalue weighted by Crippen LogP contribution is -2.48. The molecular weight excluding hydrogens is 342 g/mol. The van der Waals surface area contributed by atoms with E-state index in [9.17, 15) is 5.11 Å². The summed E-state index contributed by atoms with van der Waals surface area (Å²) in [6, 6.07) is 4.50. The lowest BCUT2D eigenvalue weighted by molar-refractivity contribution is -0.0259. The molecule has 1 aromatic rings. The van der Waals surface area contributed by atoms with Crippen molar-refractivity contribution in [3.8, 4) is 11.5 Å². The first-order valence-corrected chi connectivity index (χ1v) is 10.1. The zero-order chi connectivity index (χ0) is 19.6. The van der Waals surface area contributed by atoms with E-state index in [0.717, 1.165) is 43.9 Å².